The van der Waals surface area contributed by atoms with E-state index < -0.39 is 10.0 Å². The fraction of sp³-hybridized carbons (Fsp3) is 0.304. The van der Waals surface area contributed by atoms with Gasteiger partial charge in [0.1, 0.15) is 0 Å². The Hall–Kier alpha value is -2.59. The summed E-state index contributed by atoms with van der Waals surface area (Å²) in [7, 11) is -2.10. The number of likely N-dealkylation sites (N-methyl/N-ethyl adjacent to an activating group) is 1. The van der Waals surface area contributed by atoms with Crippen molar-refractivity contribution < 1.29 is 17.9 Å². The molecular weight excluding hydrogens is 446 g/mol. The van der Waals surface area contributed by atoms with E-state index in [2.05, 4.69) is 10.3 Å². The van der Waals surface area contributed by atoms with Crippen LogP contribution in [0.25, 0.3) is 11.3 Å². The summed E-state index contributed by atoms with van der Waals surface area (Å²) < 4.78 is 32.5. The van der Waals surface area contributed by atoms with E-state index in [0.717, 1.165) is 24.1 Å². The third kappa shape index (κ3) is 5.07. The van der Waals surface area contributed by atoms with Crippen LogP contribution >= 0.6 is 11.3 Å². The lowest BCUT2D eigenvalue weighted by Crippen LogP contribution is -2.34. The number of ether oxygens (including phenoxy) is 1. The Morgan fingerprint density at radius 3 is 2.56 bits per heavy atom. The van der Waals surface area contributed by atoms with Crippen LogP contribution < -0.4 is 5.32 Å². The molecule has 4 rings (SSSR count). The summed E-state index contributed by atoms with van der Waals surface area (Å²) in [5.74, 6) is -0.341. The molecule has 1 aliphatic heterocycles. The number of carbonyl (C=O) groups is 1. The van der Waals surface area contributed by atoms with E-state index in [-0.39, 0.29) is 16.9 Å². The Balaban J connectivity index is 1.41. The van der Waals surface area contributed by atoms with Crippen molar-refractivity contribution in [3.63, 3.8) is 0 Å². The lowest BCUT2D eigenvalue weighted by Gasteiger charge is -2.20. The van der Waals surface area contributed by atoms with Crippen molar-refractivity contribution in [2.75, 3.05) is 25.5 Å². The van der Waals surface area contributed by atoms with Crippen molar-refractivity contribution in [2.24, 2.45) is 0 Å². The van der Waals surface area contributed by atoms with Gasteiger partial charge in [-0.05, 0) is 44.0 Å². The Labute approximate surface area is 192 Å². The van der Waals surface area contributed by atoms with Crippen LogP contribution in [0, 0.1) is 6.92 Å². The molecule has 0 spiro atoms. The summed E-state index contributed by atoms with van der Waals surface area (Å²) in [5.41, 5.74) is 3.30. The maximum absolute atomic E-state index is 12.8. The molecule has 0 aliphatic carbocycles. The monoisotopic (exact) mass is 471 g/mol. The van der Waals surface area contributed by atoms with Crippen molar-refractivity contribution in [1.82, 2.24) is 9.29 Å². The summed E-state index contributed by atoms with van der Waals surface area (Å²) in [5, 5.41) is 5.15. The van der Waals surface area contributed by atoms with Crippen LogP contribution in [-0.2, 0) is 14.8 Å². The Morgan fingerprint density at radius 2 is 1.91 bits per heavy atom. The van der Waals surface area contributed by atoms with E-state index in [1.165, 1.54) is 45.5 Å². The maximum Gasteiger partial charge on any atom is 0.257 e. The molecule has 0 unspecified atom stereocenters. The van der Waals surface area contributed by atoms with Gasteiger partial charge in [0.25, 0.3) is 5.91 Å². The Bertz CT molecular complexity index is 1180. The number of nitrogens with zero attached hydrogens (tertiary/aromatic N) is 2. The van der Waals surface area contributed by atoms with Crippen LogP contribution in [0.4, 0.5) is 5.13 Å². The highest BCUT2D eigenvalue weighted by molar-refractivity contribution is 7.89. The predicted octanol–water partition coefficient (Wildman–Crippen LogP) is 4.17. The average Bonchev–Trinajstić information content (AvgIpc) is 3.46. The predicted molar refractivity (Wildman–Crippen MR) is 125 cm³/mol. The molecule has 1 N–H and O–H groups in total. The molecule has 2 aromatic carbocycles. The van der Waals surface area contributed by atoms with Crippen molar-refractivity contribution in [3.05, 3.63) is 65.0 Å². The molecule has 1 atom stereocenters. The van der Waals surface area contributed by atoms with Crippen molar-refractivity contribution in [3.8, 4) is 11.3 Å². The van der Waals surface area contributed by atoms with Gasteiger partial charge >= 0.3 is 0 Å². The van der Waals surface area contributed by atoms with Gasteiger partial charge in [0.15, 0.2) is 5.13 Å². The summed E-state index contributed by atoms with van der Waals surface area (Å²) in [6.07, 6.45) is 1.75. The van der Waals surface area contributed by atoms with Crippen molar-refractivity contribution >= 4 is 32.4 Å². The van der Waals surface area contributed by atoms with Crippen molar-refractivity contribution in [1.29, 1.82) is 0 Å². The van der Waals surface area contributed by atoms with Gasteiger partial charge in [-0.1, -0.05) is 29.8 Å². The minimum absolute atomic E-state index is 0.0667. The van der Waals surface area contributed by atoms with Gasteiger partial charge in [0.05, 0.1) is 16.7 Å². The highest BCUT2D eigenvalue weighted by atomic mass is 32.2. The molecular formula is C23H25N3O4S2. The molecule has 1 aromatic heterocycles. The summed E-state index contributed by atoms with van der Waals surface area (Å²) in [4.78, 5) is 17.2. The number of benzene rings is 2. The minimum atomic E-state index is -3.65. The standard InChI is InChI=1S/C23H25N3O4S2/c1-16-5-7-17(8-6-16)21-15-31-23(24-21)25-22(27)18-9-11-20(12-10-18)32(28,29)26(2)14-19-4-3-13-30-19/h5-12,15,19H,3-4,13-14H2,1-2H3,(H,24,25,27)/t19-/m1/s1. The molecule has 9 heteroatoms. The first-order chi connectivity index (χ1) is 15.3. The molecule has 2 heterocycles. The van der Waals surface area contributed by atoms with E-state index in [4.69, 9.17) is 4.74 Å². The largest absolute Gasteiger partial charge is 0.377 e. The first-order valence-electron chi connectivity index (χ1n) is 10.3. The summed E-state index contributed by atoms with van der Waals surface area (Å²) >= 11 is 1.34. The molecule has 1 saturated heterocycles. The van der Waals surface area contributed by atoms with Crippen molar-refractivity contribution in [2.45, 2.75) is 30.8 Å². The third-order valence-corrected chi connectivity index (χ3v) is 7.98. The second-order valence-corrected chi connectivity index (χ2v) is 10.7. The van der Waals surface area contributed by atoms with Crippen LogP contribution in [0.3, 0.4) is 0 Å². The quantitative estimate of drug-likeness (QED) is 0.559. The normalized spacial score (nSPS) is 16.4. The number of anilines is 1. The SMILES string of the molecule is Cc1ccc(-c2csc(NC(=O)c3ccc(S(=O)(=O)N(C)C[C@H]4CCCO4)cc3)n2)cc1. The van der Waals surface area contributed by atoms with Crippen LogP contribution in [-0.4, -0.2) is 49.9 Å². The van der Waals surface area contributed by atoms with E-state index in [1.807, 2.05) is 36.6 Å². The maximum atomic E-state index is 12.8. The number of nitrogens with one attached hydrogen (secondary N) is 1. The fourth-order valence-corrected chi connectivity index (χ4v) is 5.41. The molecule has 1 fully saturated rings. The van der Waals surface area contributed by atoms with Gasteiger partial charge in [-0.2, -0.15) is 4.31 Å². The number of amides is 1. The molecule has 1 amide bonds. The number of aromatic nitrogens is 1. The number of hydrogen-bond donors (Lipinski definition) is 1. The molecule has 0 bridgehead atoms. The molecule has 168 valence electrons. The highest BCUT2D eigenvalue weighted by Gasteiger charge is 2.26. The fourth-order valence-electron chi connectivity index (χ4n) is 3.49. The van der Waals surface area contributed by atoms with Gasteiger partial charge in [-0.25, -0.2) is 13.4 Å². The van der Waals surface area contributed by atoms with Gasteiger partial charge in [-0.15, -0.1) is 11.3 Å². The van der Waals surface area contributed by atoms with E-state index in [1.54, 1.807) is 7.05 Å². The van der Waals surface area contributed by atoms with E-state index >= 15 is 0 Å². The van der Waals surface area contributed by atoms with Crippen LogP contribution in [0.2, 0.25) is 0 Å². The number of thiazole rings is 1. The van der Waals surface area contributed by atoms with Gasteiger partial charge in [0, 0.05) is 36.7 Å². The van der Waals surface area contributed by atoms with Gasteiger partial charge < -0.3 is 4.74 Å². The average molecular weight is 472 g/mol. The smallest absolute Gasteiger partial charge is 0.257 e. The zero-order valence-corrected chi connectivity index (χ0v) is 19.6. The summed E-state index contributed by atoms with van der Waals surface area (Å²) in [6, 6.07) is 13.9. The molecule has 7 nitrogen and oxygen atoms in total. The molecule has 3 aromatic rings. The summed E-state index contributed by atoms with van der Waals surface area (Å²) in [6.45, 7) is 3.01. The lowest BCUT2D eigenvalue weighted by atomic mass is 10.1. The highest BCUT2D eigenvalue weighted by Crippen LogP contribution is 2.26. The number of rotatable bonds is 7. The topological polar surface area (TPSA) is 88.6 Å². The zero-order valence-electron chi connectivity index (χ0n) is 17.9. The first-order valence-corrected chi connectivity index (χ1v) is 12.7. The van der Waals surface area contributed by atoms with Gasteiger partial charge in [-0.3, -0.25) is 10.1 Å². The number of sulfonamides is 1. The van der Waals surface area contributed by atoms with Crippen LogP contribution in [0.5, 0.6) is 0 Å². The Morgan fingerprint density at radius 1 is 1.19 bits per heavy atom. The van der Waals surface area contributed by atoms with Crippen LogP contribution in [0.1, 0.15) is 28.8 Å². The second kappa shape index (κ2) is 9.50. The van der Waals surface area contributed by atoms with E-state index in [9.17, 15) is 13.2 Å². The number of hydrogen-bond acceptors (Lipinski definition) is 6. The Kier molecular flexibility index (Phi) is 6.71. The first kappa shape index (κ1) is 22.6. The minimum Gasteiger partial charge on any atom is -0.377 e. The second-order valence-electron chi connectivity index (χ2n) is 7.80. The molecule has 0 saturated carbocycles. The molecule has 1 aliphatic rings. The number of carbonyl (C=O) groups excluding carboxylic acids is 1. The van der Waals surface area contributed by atoms with E-state index in [0.29, 0.717) is 23.8 Å². The molecule has 32 heavy (non-hydrogen) atoms. The number of aryl methyl sites for hydroxylation is 1. The third-order valence-electron chi connectivity index (χ3n) is 5.38. The molecule has 0 radical (unpaired) electrons. The zero-order chi connectivity index (χ0) is 22.7. The van der Waals surface area contributed by atoms with Crippen LogP contribution in [0.15, 0.2) is 58.8 Å². The van der Waals surface area contributed by atoms with Gasteiger partial charge in [0.2, 0.25) is 10.0 Å². The lowest BCUT2D eigenvalue weighted by molar-refractivity contribution is 0.0979.